The normalized spacial score (nSPS) is 16.5. The summed E-state index contributed by atoms with van der Waals surface area (Å²) in [5, 5.41) is 23.6. The van der Waals surface area contributed by atoms with Crippen LogP contribution in [0.5, 0.6) is 0 Å². The van der Waals surface area contributed by atoms with E-state index in [1.165, 1.54) is 0 Å². The van der Waals surface area contributed by atoms with Crippen LogP contribution < -0.4 is 0 Å². The van der Waals surface area contributed by atoms with E-state index < -0.39 is 11.6 Å². The van der Waals surface area contributed by atoms with Gasteiger partial charge in [-0.25, -0.2) is 9.48 Å². The van der Waals surface area contributed by atoms with E-state index in [4.69, 9.17) is 5.11 Å². The second kappa shape index (κ2) is 6.92. The number of hydrogen-bond donors (Lipinski definition) is 2. The number of carbonyl (C=O) groups excluding carboxylic acids is 1. The number of amides is 1. The second-order valence-electron chi connectivity index (χ2n) is 6.79. The van der Waals surface area contributed by atoms with E-state index in [2.05, 4.69) is 5.10 Å². The average molecular weight is 357 g/mol. The minimum atomic E-state index is -1.72. The first kappa shape index (κ1) is 18.1. The SMILES string of the molecule is Cc1nn(-c2ccccc2)c(C)c1CC(=O)N1CCC(O)(C(=O)O)CC1. The number of nitrogens with zero attached hydrogens (tertiary/aromatic N) is 3. The summed E-state index contributed by atoms with van der Waals surface area (Å²) in [5.41, 5.74) is 1.83. The summed E-state index contributed by atoms with van der Waals surface area (Å²) in [5.74, 6) is -1.29. The summed E-state index contributed by atoms with van der Waals surface area (Å²) >= 11 is 0. The van der Waals surface area contributed by atoms with Gasteiger partial charge in [-0.3, -0.25) is 4.79 Å². The first-order valence-electron chi connectivity index (χ1n) is 8.66. The van der Waals surface area contributed by atoms with Gasteiger partial charge in [0, 0.05) is 37.2 Å². The Bertz CT molecular complexity index is 821. The van der Waals surface area contributed by atoms with Gasteiger partial charge in [-0.2, -0.15) is 5.10 Å². The number of likely N-dealkylation sites (tertiary alicyclic amines) is 1. The van der Waals surface area contributed by atoms with Crippen LogP contribution in [0.25, 0.3) is 5.69 Å². The van der Waals surface area contributed by atoms with Crippen molar-refractivity contribution < 1.29 is 19.8 Å². The number of carboxylic acid groups (broad SMARTS) is 1. The quantitative estimate of drug-likeness (QED) is 0.864. The molecule has 1 aliphatic heterocycles. The number of rotatable bonds is 4. The van der Waals surface area contributed by atoms with Crippen LogP contribution >= 0.6 is 0 Å². The van der Waals surface area contributed by atoms with Gasteiger partial charge in [0.1, 0.15) is 0 Å². The molecule has 0 spiro atoms. The molecule has 0 aliphatic carbocycles. The van der Waals surface area contributed by atoms with Gasteiger partial charge in [0.2, 0.25) is 5.91 Å². The molecule has 0 saturated carbocycles. The summed E-state index contributed by atoms with van der Waals surface area (Å²) < 4.78 is 1.83. The first-order valence-corrected chi connectivity index (χ1v) is 8.66. The van der Waals surface area contributed by atoms with Crippen molar-refractivity contribution in [2.24, 2.45) is 0 Å². The number of aryl methyl sites for hydroxylation is 1. The maximum atomic E-state index is 12.7. The molecule has 26 heavy (non-hydrogen) atoms. The van der Waals surface area contributed by atoms with E-state index in [1.807, 2.05) is 48.9 Å². The summed E-state index contributed by atoms with van der Waals surface area (Å²) in [6, 6.07) is 9.74. The van der Waals surface area contributed by atoms with Crippen LogP contribution in [0.15, 0.2) is 30.3 Å². The molecule has 1 saturated heterocycles. The van der Waals surface area contributed by atoms with Crippen LogP contribution in [-0.4, -0.2) is 55.5 Å². The number of aromatic nitrogens is 2. The Balaban J connectivity index is 1.73. The molecule has 0 atom stereocenters. The lowest BCUT2D eigenvalue weighted by molar-refractivity contribution is -0.165. The molecule has 0 radical (unpaired) electrons. The summed E-state index contributed by atoms with van der Waals surface area (Å²) in [6.45, 7) is 4.31. The molecular weight excluding hydrogens is 334 g/mol. The van der Waals surface area contributed by atoms with Crippen LogP contribution in [0.4, 0.5) is 0 Å². The first-order chi connectivity index (χ1) is 12.3. The standard InChI is InChI=1S/C19H23N3O4/c1-13-16(14(2)22(20-13)15-6-4-3-5-7-15)12-17(23)21-10-8-19(26,9-11-21)18(24)25/h3-7,26H,8-12H2,1-2H3,(H,24,25). The molecule has 2 aromatic rings. The highest BCUT2D eigenvalue weighted by molar-refractivity contribution is 5.81. The van der Waals surface area contributed by atoms with E-state index in [0.29, 0.717) is 0 Å². The Morgan fingerprint density at radius 2 is 1.77 bits per heavy atom. The number of para-hydroxylation sites is 1. The van der Waals surface area contributed by atoms with Crippen molar-refractivity contribution in [3.05, 3.63) is 47.3 Å². The highest BCUT2D eigenvalue weighted by Gasteiger charge is 2.40. The van der Waals surface area contributed by atoms with E-state index in [-0.39, 0.29) is 38.3 Å². The van der Waals surface area contributed by atoms with E-state index in [0.717, 1.165) is 22.6 Å². The molecular formula is C19H23N3O4. The zero-order valence-electron chi connectivity index (χ0n) is 15.0. The third-order valence-corrected chi connectivity index (χ3v) is 5.11. The van der Waals surface area contributed by atoms with Crippen molar-refractivity contribution in [2.45, 2.75) is 38.7 Å². The molecule has 2 heterocycles. The van der Waals surface area contributed by atoms with Gasteiger partial charge in [-0.1, -0.05) is 18.2 Å². The Labute approximate surface area is 151 Å². The molecule has 0 unspecified atom stereocenters. The van der Waals surface area contributed by atoms with Crippen molar-refractivity contribution in [3.8, 4) is 5.69 Å². The van der Waals surface area contributed by atoms with Crippen molar-refractivity contribution in [3.63, 3.8) is 0 Å². The number of aliphatic carboxylic acids is 1. The fourth-order valence-corrected chi connectivity index (χ4v) is 3.35. The molecule has 1 aromatic heterocycles. The minimum absolute atomic E-state index is 0.0509. The van der Waals surface area contributed by atoms with Crippen molar-refractivity contribution in [1.82, 2.24) is 14.7 Å². The number of carboxylic acids is 1. The molecule has 1 aromatic carbocycles. The molecule has 1 aliphatic rings. The maximum Gasteiger partial charge on any atom is 0.335 e. The van der Waals surface area contributed by atoms with Gasteiger partial charge in [-0.15, -0.1) is 0 Å². The van der Waals surface area contributed by atoms with Crippen molar-refractivity contribution in [1.29, 1.82) is 0 Å². The number of benzene rings is 1. The molecule has 1 fully saturated rings. The highest BCUT2D eigenvalue weighted by atomic mass is 16.4. The van der Waals surface area contributed by atoms with Crippen LogP contribution in [0, 0.1) is 13.8 Å². The molecule has 0 bridgehead atoms. The van der Waals surface area contributed by atoms with Crippen LogP contribution in [0.1, 0.15) is 29.8 Å². The van der Waals surface area contributed by atoms with Crippen LogP contribution in [0.2, 0.25) is 0 Å². The number of piperidine rings is 1. The van der Waals surface area contributed by atoms with Gasteiger partial charge >= 0.3 is 5.97 Å². The third kappa shape index (κ3) is 3.35. The Morgan fingerprint density at radius 1 is 1.15 bits per heavy atom. The van der Waals surface area contributed by atoms with Gasteiger partial charge in [-0.05, 0) is 26.0 Å². The van der Waals surface area contributed by atoms with Crippen molar-refractivity contribution in [2.75, 3.05) is 13.1 Å². The molecule has 7 heteroatoms. The fourth-order valence-electron chi connectivity index (χ4n) is 3.35. The highest BCUT2D eigenvalue weighted by Crippen LogP contribution is 2.24. The molecule has 1 amide bonds. The number of carbonyl (C=O) groups is 2. The molecule has 3 rings (SSSR count). The molecule has 2 N–H and O–H groups in total. The Hall–Kier alpha value is -2.67. The van der Waals surface area contributed by atoms with Gasteiger partial charge < -0.3 is 15.1 Å². The lowest BCUT2D eigenvalue weighted by atomic mass is 9.91. The fraction of sp³-hybridized carbons (Fsp3) is 0.421. The third-order valence-electron chi connectivity index (χ3n) is 5.11. The average Bonchev–Trinajstić information content (AvgIpc) is 2.91. The number of hydrogen-bond acceptors (Lipinski definition) is 4. The second-order valence-corrected chi connectivity index (χ2v) is 6.79. The van der Waals surface area contributed by atoms with Gasteiger partial charge in [0.15, 0.2) is 5.60 Å². The molecule has 7 nitrogen and oxygen atoms in total. The largest absolute Gasteiger partial charge is 0.479 e. The van der Waals surface area contributed by atoms with Gasteiger partial charge in [0.05, 0.1) is 17.8 Å². The predicted molar refractivity (Wildman–Crippen MR) is 95.1 cm³/mol. The summed E-state index contributed by atoms with van der Waals surface area (Å²) in [4.78, 5) is 25.4. The van der Waals surface area contributed by atoms with Crippen LogP contribution in [-0.2, 0) is 16.0 Å². The predicted octanol–water partition coefficient (Wildman–Crippen LogP) is 1.47. The van der Waals surface area contributed by atoms with E-state index in [1.54, 1.807) is 4.90 Å². The lowest BCUT2D eigenvalue weighted by Crippen LogP contribution is -2.51. The van der Waals surface area contributed by atoms with Crippen LogP contribution in [0.3, 0.4) is 0 Å². The monoisotopic (exact) mass is 357 g/mol. The maximum absolute atomic E-state index is 12.7. The topological polar surface area (TPSA) is 95.7 Å². The zero-order valence-corrected chi connectivity index (χ0v) is 15.0. The smallest absolute Gasteiger partial charge is 0.335 e. The van der Waals surface area contributed by atoms with E-state index >= 15 is 0 Å². The van der Waals surface area contributed by atoms with Crippen molar-refractivity contribution >= 4 is 11.9 Å². The lowest BCUT2D eigenvalue weighted by Gasteiger charge is -2.35. The van der Waals surface area contributed by atoms with Gasteiger partial charge in [0.25, 0.3) is 0 Å². The Morgan fingerprint density at radius 3 is 2.35 bits per heavy atom. The molecule has 138 valence electrons. The number of aliphatic hydroxyl groups is 1. The minimum Gasteiger partial charge on any atom is -0.479 e. The zero-order chi connectivity index (χ0) is 18.9. The van der Waals surface area contributed by atoms with E-state index in [9.17, 15) is 14.7 Å². The summed E-state index contributed by atoms with van der Waals surface area (Å²) in [7, 11) is 0. The summed E-state index contributed by atoms with van der Waals surface area (Å²) in [6.07, 6.45) is 0.320. The Kier molecular flexibility index (Phi) is 4.82.